The average molecular weight is 335 g/mol. The van der Waals surface area contributed by atoms with Gasteiger partial charge >= 0.3 is 5.69 Å². The fourth-order valence-electron chi connectivity index (χ4n) is 1.52. The lowest BCUT2D eigenvalue weighted by Gasteiger charge is -2.04. The first-order chi connectivity index (χ1) is 9.37. The maximum atomic E-state index is 12.3. The molecule has 0 aliphatic carbocycles. The van der Waals surface area contributed by atoms with Crippen LogP contribution < -0.4 is 5.69 Å². The molecule has 2 rings (SSSR count). The van der Waals surface area contributed by atoms with Crippen molar-refractivity contribution in [3.8, 4) is 0 Å². The molecule has 0 unspecified atom stereocenters. The second-order valence-electron chi connectivity index (χ2n) is 3.73. The molecule has 0 aliphatic heterocycles. The molecule has 0 fully saturated rings. The Kier molecular flexibility index (Phi) is 4.03. The van der Waals surface area contributed by atoms with Gasteiger partial charge in [0.05, 0.1) is 4.90 Å². The summed E-state index contributed by atoms with van der Waals surface area (Å²) < 4.78 is 25.6. The first-order valence-corrected chi connectivity index (χ1v) is 7.63. The molecular weight excluding hydrogens is 327 g/mol. The van der Waals surface area contributed by atoms with E-state index in [4.69, 9.17) is 23.2 Å². The number of hydrogen-bond donors (Lipinski definition) is 0. The van der Waals surface area contributed by atoms with Crippen LogP contribution in [0.5, 0.6) is 0 Å². The van der Waals surface area contributed by atoms with E-state index in [9.17, 15) is 18.0 Å². The first kappa shape index (κ1) is 14.8. The number of carbonyl (C=O) groups is 1. The smallest absolute Gasteiger partial charge is 0.273 e. The molecule has 0 atom stereocenters. The van der Waals surface area contributed by atoms with Crippen molar-refractivity contribution in [2.45, 2.75) is 4.90 Å². The lowest BCUT2D eigenvalue weighted by Crippen LogP contribution is -2.32. The van der Waals surface area contributed by atoms with Gasteiger partial charge in [-0.25, -0.2) is 17.8 Å². The van der Waals surface area contributed by atoms with Crippen molar-refractivity contribution in [1.29, 1.82) is 0 Å². The quantitative estimate of drug-likeness (QED) is 0.795. The normalized spacial score (nSPS) is 11.5. The first-order valence-electron chi connectivity index (χ1n) is 5.28. The van der Waals surface area contributed by atoms with Crippen LogP contribution >= 0.6 is 23.2 Å². The van der Waals surface area contributed by atoms with Crippen LogP contribution in [0.4, 0.5) is 0 Å². The number of alkyl halides is 1. The zero-order chi connectivity index (χ0) is 14.9. The summed E-state index contributed by atoms with van der Waals surface area (Å²) in [5.74, 6) is -1.13. The maximum Gasteiger partial charge on any atom is 0.349 e. The molecule has 0 amide bonds. The third kappa shape index (κ3) is 2.52. The van der Waals surface area contributed by atoms with Crippen molar-refractivity contribution in [3.63, 3.8) is 0 Å². The Morgan fingerprint density at radius 1 is 1.15 bits per heavy atom. The monoisotopic (exact) mass is 334 g/mol. The minimum absolute atomic E-state index is 0.111. The van der Waals surface area contributed by atoms with Crippen LogP contribution in [0.1, 0.15) is 4.79 Å². The van der Waals surface area contributed by atoms with Gasteiger partial charge in [-0.15, -0.1) is 11.6 Å². The van der Waals surface area contributed by atoms with Gasteiger partial charge in [-0.05, 0) is 24.3 Å². The van der Waals surface area contributed by atoms with E-state index < -0.39 is 27.5 Å². The summed E-state index contributed by atoms with van der Waals surface area (Å²) in [5.41, 5.74) is -0.995. The van der Waals surface area contributed by atoms with E-state index in [2.05, 4.69) is 0 Å². The number of halogens is 2. The van der Waals surface area contributed by atoms with Gasteiger partial charge in [0.1, 0.15) is 5.88 Å². The molecule has 9 heteroatoms. The predicted octanol–water partition coefficient (Wildman–Crippen LogP) is 1.42. The van der Waals surface area contributed by atoms with Crippen LogP contribution in [-0.2, 0) is 10.0 Å². The lowest BCUT2D eigenvalue weighted by molar-refractivity contribution is 0.0936. The molecule has 6 nitrogen and oxygen atoms in total. The van der Waals surface area contributed by atoms with Gasteiger partial charge in [-0.3, -0.25) is 4.79 Å². The highest BCUT2D eigenvalue weighted by Gasteiger charge is 2.21. The highest BCUT2D eigenvalue weighted by atomic mass is 35.5. The maximum absolute atomic E-state index is 12.3. The standard InChI is InChI=1S/C11H8Cl2N2O4S/c12-7-10(16)14-5-6-15(11(14)17)20(18,19)9-3-1-8(13)2-4-9/h1-6H,7H2. The molecule has 0 aliphatic rings. The van der Waals surface area contributed by atoms with E-state index in [1.807, 2.05) is 0 Å². The Hall–Kier alpha value is -1.57. The molecular formula is C11H8Cl2N2O4S. The van der Waals surface area contributed by atoms with Gasteiger partial charge < -0.3 is 0 Å². The molecule has 20 heavy (non-hydrogen) atoms. The summed E-state index contributed by atoms with van der Waals surface area (Å²) in [5, 5.41) is 0.367. The largest absolute Gasteiger partial charge is 0.349 e. The Balaban J connectivity index is 2.56. The van der Waals surface area contributed by atoms with Crippen molar-refractivity contribution in [1.82, 2.24) is 8.54 Å². The van der Waals surface area contributed by atoms with Crippen molar-refractivity contribution in [3.05, 3.63) is 52.2 Å². The predicted molar refractivity (Wildman–Crippen MR) is 74.1 cm³/mol. The number of hydrogen-bond acceptors (Lipinski definition) is 4. The van der Waals surface area contributed by atoms with Crippen molar-refractivity contribution >= 4 is 39.1 Å². The highest BCUT2D eigenvalue weighted by molar-refractivity contribution is 7.90. The summed E-state index contributed by atoms with van der Waals surface area (Å²) in [6, 6.07) is 5.32. The van der Waals surface area contributed by atoms with Gasteiger partial charge in [-0.1, -0.05) is 11.6 Å². The Morgan fingerprint density at radius 3 is 2.30 bits per heavy atom. The van der Waals surface area contributed by atoms with Crippen LogP contribution in [0.3, 0.4) is 0 Å². The molecule has 1 aromatic carbocycles. The van der Waals surface area contributed by atoms with E-state index in [1.54, 1.807) is 0 Å². The van der Waals surface area contributed by atoms with E-state index in [0.717, 1.165) is 12.4 Å². The highest BCUT2D eigenvalue weighted by Crippen LogP contribution is 2.15. The zero-order valence-corrected chi connectivity index (χ0v) is 12.2. The Bertz CT molecular complexity index is 806. The zero-order valence-electron chi connectivity index (χ0n) is 9.86. The number of rotatable bonds is 3. The topological polar surface area (TPSA) is 78.1 Å². The lowest BCUT2D eigenvalue weighted by atomic mass is 10.4. The fraction of sp³-hybridized carbons (Fsp3) is 0.0909. The van der Waals surface area contributed by atoms with Crippen LogP contribution in [0, 0.1) is 0 Å². The van der Waals surface area contributed by atoms with Gasteiger partial charge in [0.25, 0.3) is 10.0 Å². The van der Waals surface area contributed by atoms with Gasteiger partial charge in [0, 0.05) is 17.4 Å². The van der Waals surface area contributed by atoms with E-state index in [1.165, 1.54) is 24.3 Å². The van der Waals surface area contributed by atoms with Crippen molar-refractivity contribution in [2.75, 3.05) is 5.88 Å². The third-order valence-electron chi connectivity index (χ3n) is 2.50. The summed E-state index contributed by atoms with van der Waals surface area (Å²) in [7, 11) is -4.08. The molecule has 0 spiro atoms. The average Bonchev–Trinajstić information content (AvgIpc) is 2.81. The van der Waals surface area contributed by atoms with Crippen LogP contribution in [0.25, 0.3) is 0 Å². The van der Waals surface area contributed by atoms with Crippen LogP contribution in [-0.4, -0.2) is 28.7 Å². The number of carbonyl (C=O) groups excluding carboxylic acids is 1. The third-order valence-corrected chi connectivity index (χ3v) is 4.64. The molecule has 1 aromatic heterocycles. The Labute approximate surface area is 124 Å². The molecule has 2 aromatic rings. The van der Waals surface area contributed by atoms with Gasteiger partial charge in [0.15, 0.2) is 0 Å². The van der Waals surface area contributed by atoms with E-state index >= 15 is 0 Å². The molecule has 0 N–H and O–H groups in total. The molecule has 0 radical (unpaired) electrons. The molecule has 0 saturated heterocycles. The summed E-state index contributed by atoms with van der Waals surface area (Å²) in [4.78, 5) is 23.1. The van der Waals surface area contributed by atoms with E-state index in [-0.39, 0.29) is 4.90 Å². The number of aromatic nitrogens is 2. The summed E-state index contributed by atoms with van der Waals surface area (Å²) in [6.07, 6.45) is 2.05. The molecule has 1 heterocycles. The van der Waals surface area contributed by atoms with Crippen LogP contribution in [0.15, 0.2) is 46.3 Å². The second kappa shape index (κ2) is 5.43. The fourth-order valence-corrected chi connectivity index (χ4v) is 2.99. The minimum Gasteiger partial charge on any atom is -0.273 e. The Morgan fingerprint density at radius 2 is 1.75 bits per heavy atom. The van der Waals surface area contributed by atoms with Crippen LogP contribution in [0.2, 0.25) is 5.02 Å². The van der Waals surface area contributed by atoms with Crippen molar-refractivity contribution < 1.29 is 13.2 Å². The SMILES string of the molecule is O=C(CCl)n1ccn(S(=O)(=O)c2ccc(Cl)cc2)c1=O. The molecule has 0 saturated carbocycles. The van der Waals surface area contributed by atoms with Crippen molar-refractivity contribution in [2.24, 2.45) is 0 Å². The molecule has 0 bridgehead atoms. The second-order valence-corrected chi connectivity index (χ2v) is 6.25. The van der Waals surface area contributed by atoms with E-state index in [0.29, 0.717) is 13.6 Å². The number of imidazole rings is 1. The number of nitrogens with zero attached hydrogens (tertiary/aromatic N) is 2. The summed E-state index contributed by atoms with van der Waals surface area (Å²) in [6.45, 7) is 0. The number of benzene rings is 1. The molecule has 106 valence electrons. The van der Waals surface area contributed by atoms with Gasteiger partial charge in [0.2, 0.25) is 5.91 Å². The minimum atomic E-state index is -4.08. The summed E-state index contributed by atoms with van der Waals surface area (Å²) >= 11 is 11.0. The van der Waals surface area contributed by atoms with Gasteiger partial charge in [-0.2, -0.15) is 3.97 Å².